The first kappa shape index (κ1) is 10.2. The molecule has 0 aliphatic carbocycles. The Balaban J connectivity index is 2.29. The van der Waals surface area contributed by atoms with Crippen molar-refractivity contribution in [2.75, 3.05) is 0 Å². The molecule has 1 nitrogen and oxygen atoms in total. The van der Waals surface area contributed by atoms with Gasteiger partial charge in [-0.1, -0.05) is 20.8 Å². The summed E-state index contributed by atoms with van der Waals surface area (Å²) in [7, 11) is 0. The topological polar surface area (TPSA) is 14.1 Å². The first-order valence-corrected chi connectivity index (χ1v) is 5.03. The summed E-state index contributed by atoms with van der Waals surface area (Å²) in [5, 5.41) is 0. The zero-order valence-corrected chi connectivity index (χ0v) is 8.93. The highest BCUT2D eigenvalue weighted by molar-refractivity contribution is 5.06. The van der Waals surface area contributed by atoms with Crippen LogP contribution >= 0.6 is 0 Å². The van der Waals surface area contributed by atoms with Crippen molar-refractivity contribution in [3.05, 3.63) is 30.1 Å². The lowest BCUT2D eigenvalue weighted by molar-refractivity contribution is -0.378. The number of pyridine rings is 1. The molecule has 0 unspecified atom stereocenters. The third kappa shape index (κ3) is 4.66. The summed E-state index contributed by atoms with van der Waals surface area (Å²) >= 11 is 0. The third-order valence-corrected chi connectivity index (χ3v) is 2.18. The maximum Gasteiger partial charge on any atom is 0.167 e. The fraction of sp³-hybridized carbons (Fsp3) is 0.583. The van der Waals surface area contributed by atoms with Gasteiger partial charge in [0.2, 0.25) is 0 Å². The standard InChI is InChI=1S/C12H19N/c1-12(2,3)8-4-5-11-6-9-13-10-7-11/h6-7,9-10H,4-5,8H2,1-3H3/p+1. The lowest BCUT2D eigenvalue weighted by Crippen LogP contribution is -2.05. The molecule has 1 heteroatoms. The van der Waals surface area contributed by atoms with Crippen LogP contribution in [0, 0.1) is 5.41 Å². The Kier molecular flexibility index (Phi) is 3.47. The molecule has 1 aromatic heterocycles. The molecule has 13 heavy (non-hydrogen) atoms. The monoisotopic (exact) mass is 178 g/mol. The van der Waals surface area contributed by atoms with E-state index in [2.05, 4.69) is 37.9 Å². The van der Waals surface area contributed by atoms with Gasteiger partial charge in [-0.15, -0.1) is 0 Å². The van der Waals surface area contributed by atoms with Gasteiger partial charge in [-0.25, -0.2) is 4.98 Å². The summed E-state index contributed by atoms with van der Waals surface area (Å²) in [4.78, 5) is 3.04. The molecular formula is C12H20N+. The van der Waals surface area contributed by atoms with E-state index in [-0.39, 0.29) is 0 Å². The van der Waals surface area contributed by atoms with Crippen molar-refractivity contribution in [3.8, 4) is 0 Å². The van der Waals surface area contributed by atoms with E-state index in [9.17, 15) is 0 Å². The highest BCUT2D eigenvalue weighted by Crippen LogP contribution is 2.21. The van der Waals surface area contributed by atoms with E-state index in [0.29, 0.717) is 5.41 Å². The number of rotatable bonds is 3. The van der Waals surface area contributed by atoms with E-state index in [1.165, 1.54) is 24.8 Å². The molecule has 1 aromatic rings. The highest BCUT2D eigenvalue weighted by atomic mass is 14.6. The summed E-state index contributed by atoms with van der Waals surface area (Å²) in [5.74, 6) is 0. The van der Waals surface area contributed by atoms with Gasteiger partial charge in [0, 0.05) is 12.1 Å². The Morgan fingerprint density at radius 1 is 1.15 bits per heavy atom. The average molecular weight is 178 g/mol. The molecule has 0 aromatic carbocycles. The van der Waals surface area contributed by atoms with Crippen LogP contribution in [0.3, 0.4) is 0 Å². The molecule has 1 rings (SSSR count). The molecule has 72 valence electrons. The number of aryl methyl sites for hydroxylation is 1. The van der Waals surface area contributed by atoms with Gasteiger partial charge in [-0.2, -0.15) is 0 Å². The number of nitrogens with one attached hydrogen (secondary N) is 1. The highest BCUT2D eigenvalue weighted by Gasteiger charge is 2.09. The maximum atomic E-state index is 3.04. The van der Waals surface area contributed by atoms with Gasteiger partial charge in [-0.3, -0.25) is 0 Å². The van der Waals surface area contributed by atoms with E-state index in [0.717, 1.165) is 0 Å². The van der Waals surface area contributed by atoms with Gasteiger partial charge >= 0.3 is 0 Å². The van der Waals surface area contributed by atoms with E-state index in [1.54, 1.807) is 0 Å². The van der Waals surface area contributed by atoms with E-state index >= 15 is 0 Å². The first-order chi connectivity index (χ1) is 6.08. The Bertz CT molecular complexity index is 233. The molecule has 1 heterocycles. The summed E-state index contributed by atoms with van der Waals surface area (Å²) < 4.78 is 0. The molecule has 0 aliphatic heterocycles. The normalized spacial score (nSPS) is 11.6. The second-order valence-electron chi connectivity index (χ2n) is 4.82. The fourth-order valence-electron chi connectivity index (χ4n) is 1.41. The minimum Gasteiger partial charge on any atom is -0.218 e. The van der Waals surface area contributed by atoms with Gasteiger partial charge in [-0.05, 0) is 30.2 Å². The number of hydrogen-bond acceptors (Lipinski definition) is 0. The molecule has 0 atom stereocenters. The molecule has 0 bridgehead atoms. The van der Waals surface area contributed by atoms with Crippen LogP contribution in [0.1, 0.15) is 39.2 Å². The summed E-state index contributed by atoms with van der Waals surface area (Å²) in [6.45, 7) is 6.89. The van der Waals surface area contributed by atoms with E-state index in [1.807, 2.05) is 12.4 Å². The van der Waals surface area contributed by atoms with Crippen LogP contribution in [-0.2, 0) is 6.42 Å². The number of hydrogen-bond donors (Lipinski definition) is 0. The zero-order chi connectivity index (χ0) is 9.73. The SMILES string of the molecule is CC(C)(C)CCCc1cc[nH+]cc1. The second-order valence-corrected chi connectivity index (χ2v) is 4.82. The van der Waals surface area contributed by atoms with Crippen LogP contribution in [0.5, 0.6) is 0 Å². The third-order valence-electron chi connectivity index (χ3n) is 2.18. The fourth-order valence-corrected chi connectivity index (χ4v) is 1.41. The number of aromatic amines is 1. The predicted molar refractivity (Wildman–Crippen MR) is 55.4 cm³/mol. The van der Waals surface area contributed by atoms with Gasteiger partial charge in [0.25, 0.3) is 0 Å². The van der Waals surface area contributed by atoms with Crippen molar-refractivity contribution in [3.63, 3.8) is 0 Å². The Hall–Kier alpha value is -0.850. The summed E-state index contributed by atoms with van der Waals surface area (Å²) in [6.07, 6.45) is 7.77. The largest absolute Gasteiger partial charge is 0.218 e. The summed E-state index contributed by atoms with van der Waals surface area (Å²) in [5.41, 5.74) is 1.91. The van der Waals surface area contributed by atoms with Crippen molar-refractivity contribution in [1.29, 1.82) is 0 Å². The van der Waals surface area contributed by atoms with Crippen molar-refractivity contribution < 1.29 is 4.98 Å². The molecule has 0 saturated carbocycles. The molecule has 1 N–H and O–H groups in total. The lowest BCUT2D eigenvalue weighted by Gasteiger charge is -2.17. The molecule has 0 aliphatic rings. The van der Waals surface area contributed by atoms with Crippen LogP contribution in [0.2, 0.25) is 0 Å². The second kappa shape index (κ2) is 4.40. The molecule has 0 radical (unpaired) electrons. The molecule has 0 spiro atoms. The van der Waals surface area contributed by atoms with Crippen molar-refractivity contribution in [2.45, 2.75) is 40.0 Å². The average Bonchev–Trinajstić information content (AvgIpc) is 2.04. The number of H-pyrrole nitrogens is 1. The Morgan fingerprint density at radius 2 is 1.77 bits per heavy atom. The molecule has 0 saturated heterocycles. The Morgan fingerprint density at radius 3 is 2.31 bits per heavy atom. The van der Waals surface area contributed by atoms with E-state index < -0.39 is 0 Å². The van der Waals surface area contributed by atoms with Crippen LogP contribution in [0.15, 0.2) is 24.5 Å². The van der Waals surface area contributed by atoms with Gasteiger partial charge in [0.05, 0.1) is 0 Å². The van der Waals surface area contributed by atoms with E-state index in [4.69, 9.17) is 0 Å². The van der Waals surface area contributed by atoms with Crippen molar-refractivity contribution in [1.82, 2.24) is 0 Å². The minimum absolute atomic E-state index is 0.473. The first-order valence-electron chi connectivity index (χ1n) is 5.03. The Labute approximate surface area is 81.2 Å². The van der Waals surface area contributed by atoms with Crippen LogP contribution in [-0.4, -0.2) is 0 Å². The quantitative estimate of drug-likeness (QED) is 0.675. The smallest absolute Gasteiger partial charge is 0.167 e. The van der Waals surface area contributed by atoms with Crippen LogP contribution < -0.4 is 4.98 Å². The van der Waals surface area contributed by atoms with Gasteiger partial charge in [0.15, 0.2) is 12.4 Å². The minimum atomic E-state index is 0.473. The van der Waals surface area contributed by atoms with Crippen molar-refractivity contribution >= 4 is 0 Å². The summed E-state index contributed by atoms with van der Waals surface area (Å²) in [6, 6.07) is 4.31. The molecule has 0 amide bonds. The van der Waals surface area contributed by atoms with Crippen LogP contribution in [0.25, 0.3) is 0 Å². The lowest BCUT2D eigenvalue weighted by atomic mass is 9.89. The van der Waals surface area contributed by atoms with Crippen LogP contribution in [0.4, 0.5) is 0 Å². The van der Waals surface area contributed by atoms with Crippen molar-refractivity contribution in [2.24, 2.45) is 5.41 Å². The molecular weight excluding hydrogens is 158 g/mol. The zero-order valence-electron chi connectivity index (χ0n) is 8.93. The molecule has 0 fully saturated rings. The number of aromatic nitrogens is 1. The van der Waals surface area contributed by atoms with Gasteiger partial charge < -0.3 is 0 Å². The maximum absolute atomic E-state index is 3.04. The predicted octanol–water partition coefficient (Wildman–Crippen LogP) is 2.87. The van der Waals surface area contributed by atoms with Gasteiger partial charge in [0.1, 0.15) is 0 Å².